The third kappa shape index (κ3) is 10.6. The number of hydrogen-bond acceptors (Lipinski definition) is 11. The summed E-state index contributed by atoms with van der Waals surface area (Å²) < 4.78 is 17.5. The number of esters is 2. The zero-order valence-corrected chi connectivity index (χ0v) is 31.8. The zero-order chi connectivity index (χ0) is 38.9. The monoisotopic (exact) mass is 739 g/mol. The molecular formula is C42H53N5O7. The summed E-state index contributed by atoms with van der Waals surface area (Å²) in [7, 11) is 0. The molecule has 8 atom stereocenters. The van der Waals surface area contributed by atoms with E-state index in [0.29, 0.717) is 18.7 Å². The summed E-state index contributed by atoms with van der Waals surface area (Å²) in [4.78, 5) is 38.2. The first-order valence-electron chi connectivity index (χ1n) is 18.4. The van der Waals surface area contributed by atoms with Crippen molar-refractivity contribution in [3.8, 4) is 0 Å². The lowest BCUT2D eigenvalue weighted by atomic mass is 9.79. The van der Waals surface area contributed by atoms with Crippen LogP contribution in [0, 0.1) is 10.8 Å². The maximum atomic E-state index is 13.3. The number of nitrogens with zero attached hydrogens (tertiary/aromatic N) is 2. The molecule has 0 radical (unpaired) electrons. The van der Waals surface area contributed by atoms with E-state index in [2.05, 4.69) is 25.6 Å². The highest BCUT2D eigenvalue weighted by atomic mass is 16.6. The van der Waals surface area contributed by atoms with Gasteiger partial charge in [-0.05, 0) is 19.9 Å². The number of nitrogens with one attached hydrogen (secondary N) is 3. The lowest BCUT2D eigenvalue weighted by molar-refractivity contribution is -0.0461. The molecule has 4 bridgehead atoms. The molecule has 0 amide bonds. The highest BCUT2D eigenvalue weighted by Gasteiger charge is 2.40. The topological polar surface area (TPSA) is 192 Å². The second kappa shape index (κ2) is 18.0. The molecule has 0 spiro atoms. The molecule has 2 aromatic heterocycles. The molecule has 5 rings (SSSR count). The van der Waals surface area contributed by atoms with Crippen LogP contribution in [0.4, 0.5) is 0 Å². The number of ether oxygens (including phenoxy) is 2. The number of aliphatic hydroxyl groups excluding tert-OH is 2. The fraction of sp³-hybridized carbons (Fsp3) is 0.429. The predicted octanol–water partition coefficient (Wildman–Crippen LogP) is 5.80. The normalized spacial score (nSPS) is 30.5. The van der Waals surface area contributed by atoms with Crippen molar-refractivity contribution in [1.82, 2.24) is 25.6 Å². The Morgan fingerprint density at radius 2 is 1.22 bits per heavy atom. The van der Waals surface area contributed by atoms with Crippen molar-refractivity contribution >= 4 is 24.1 Å². The van der Waals surface area contributed by atoms with Crippen LogP contribution in [-0.4, -0.2) is 85.7 Å². The van der Waals surface area contributed by atoms with Crippen LogP contribution < -0.4 is 10.6 Å². The quantitative estimate of drug-likeness (QED) is 0.137. The molecule has 288 valence electrons. The van der Waals surface area contributed by atoms with Crippen molar-refractivity contribution in [2.75, 3.05) is 0 Å². The van der Waals surface area contributed by atoms with Gasteiger partial charge in [0.15, 0.2) is 11.4 Å². The number of rotatable bonds is 6. The molecule has 2 saturated heterocycles. The number of fused-ring (bicyclic) bond motifs is 6. The zero-order valence-electron chi connectivity index (χ0n) is 31.8. The fourth-order valence-electron chi connectivity index (χ4n) is 6.00. The first-order chi connectivity index (χ1) is 25.8. The maximum absolute atomic E-state index is 13.3. The van der Waals surface area contributed by atoms with Crippen LogP contribution >= 0.6 is 0 Å². The summed E-state index contributed by atoms with van der Waals surface area (Å²) in [5.74, 6) is -0.472. The van der Waals surface area contributed by atoms with Crippen LogP contribution in [0.15, 0.2) is 102 Å². The average Bonchev–Trinajstić information content (AvgIpc) is 3.93. The molecule has 2 fully saturated rings. The first kappa shape index (κ1) is 40.3. The Labute approximate surface area is 317 Å². The van der Waals surface area contributed by atoms with Crippen molar-refractivity contribution in [3.63, 3.8) is 0 Å². The number of imidazole rings is 1. The Hall–Kier alpha value is -4.88. The summed E-state index contributed by atoms with van der Waals surface area (Å²) in [6.45, 7) is 11.1. The molecule has 12 nitrogen and oxygen atoms in total. The predicted molar refractivity (Wildman–Crippen MR) is 208 cm³/mol. The van der Waals surface area contributed by atoms with E-state index in [1.807, 2.05) is 96.2 Å². The molecule has 12 heteroatoms. The minimum Gasteiger partial charge on any atom is -0.457 e. The van der Waals surface area contributed by atoms with Gasteiger partial charge in [0, 0.05) is 60.1 Å². The second-order valence-electron chi connectivity index (χ2n) is 14.9. The molecule has 0 aromatic carbocycles. The van der Waals surface area contributed by atoms with Gasteiger partial charge in [-0.2, -0.15) is 0 Å². The minimum absolute atomic E-state index is 0.0379. The van der Waals surface area contributed by atoms with Gasteiger partial charge in [0.05, 0.1) is 12.2 Å². The average molecular weight is 740 g/mol. The Morgan fingerprint density at radius 1 is 0.722 bits per heavy atom. The van der Waals surface area contributed by atoms with E-state index >= 15 is 0 Å². The SMILES string of the molecule is C/C=C/[C@H](O)C(C)(C)[C@@H]1C/C=C\[C@H]2N[C@H]2/C=C/C=C\c2nc(co2)C(=O)O[C@H](C(C)(C)[C@@H](O)/C=C/C)C/C=C\[C@H]2N[C@H]2/C=C/C=C\c2nc(c[nH]2)C(=O)O1. The molecule has 2 aromatic rings. The number of allylic oxidation sites excluding steroid dienone is 6. The van der Waals surface area contributed by atoms with Gasteiger partial charge in [-0.1, -0.05) is 113 Å². The van der Waals surface area contributed by atoms with E-state index in [-0.39, 0.29) is 41.4 Å². The van der Waals surface area contributed by atoms with Gasteiger partial charge in [-0.15, -0.1) is 0 Å². The van der Waals surface area contributed by atoms with Crippen LogP contribution in [0.2, 0.25) is 0 Å². The summed E-state index contributed by atoms with van der Waals surface area (Å²) in [5, 5.41) is 28.6. The fourth-order valence-corrected chi connectivity index (χ4v) is 6.00. The number of aromatic nitrogens is 3. The summed E-state index contributed by atoms with van der Waals surface area (Å²) >= 11 is 0. The number of aromatic amines is 1. The smallest absolute Gasteiger partial charge is 0.360 e. The van der Waals surface area contributed by atoms with Crippen LogP contribution in [-0.2, 0) is 9.47 Å². The minimum atomic E-state index is -0.848. The van der Waals surface area contributed by atoms with Gasteiger partial charge in [0.2, 0.25) is 5.89 Å². The third-order valence-corrected chi connectivity index (χ3v) is 10.0. The summed E-state index contributed by atoms with van der Waals surface area (Å²) in [5.41, 5.74) is -1.41. The lowest BCUT2D eigenvalue weighted by Gasteiger charge is -2.36. The highest BCUT2D eigenvalue weighted by molar-refractivity contribution is 5.88. The van der Waals surface area contributed by atoms with Crippen LogP contribution in [0.3, 0.4) is 0 Å². The van der Waals surface area contributed by atoms with Gasteiger partial charge in [0.25, 0.3) is 0 Å². The molecule has 0 aliphatic carbocycles. The van der Waals surface area contributed by atoms with Crippen LogP contribution in [0.5, 0.6) is 0 Å². The van der Waals surface area contributed by atoms with Crippen LogP contribution in [0.1, 0.15) is 87.1 Å². The number of hydrogen-bond donors (Lipinski definition) is 5. The van der Waals surface area contributed by atoms with E-state index in [1.165, 1.54) is 12.5 Å². The van der Waals surface area contributed by atoms with Gasteiger partial charge in [0.1, 0.15) is 24.3 Å². The molecule has 54 heavy (non-hydrogen) atoms. The van der Waals surface area contributed by atoms with Crippen molar-refractivity contribution in [3.05, 3.63) is 121 Å². The summed E-state index contributed by atoms with van der Waals surface area (Å²) in [6.07, 6.45) is 30.2. The van der Waals surface area contributed by atoms with E-state index in [0.717, 1.165) is 0 Å². The first-order valence-corrected chi connectivity index (χ1v) is 18.4. The molecule has 3 aliphatic heterocycles. The second-order valence-corrected chi connectivity index (χ2v) is 14.9. The van der Waals surface area contributed by atoms with Crippen molar-refractivity contribution in [2.45, 2.75) is 103 Å². The van der Waals surface area contributed by atoms with E-state index in [9.17, 15) is 19.8 Å². The molecule has 3 aliphatic rings. The lowest BCUT2D eigenvalue weighted by Crippen LogP contribution is -2.42. The molecular weight excluding hydrogens is 686 g/mol. The largest absolute Gasteiger partial charge is 0.457 e. The van der Waals surface area contributed by atoms with Crippen molar-refractivity contribution in [1.29, 1.82) is 0 Å². The van der Waals surface area contributed by atoms with E-state index in [4.69, 9.17) is 13.9 Å². The van der Waals surface area contributed by atoms with Gasteiger partial charge in [-0.25, -0.2) is 19.6 Å². The molecule has 0 unspecified atom stereocenters. The highest BCUT2D eigenvalue weighted by Crippen LogP contribution is 2.34. The number of cyclic esters (lactones) is 2. The van der Waals surface area contributed by atoms with Gasteiger partial charge < -0.3 is 39.7 Å². The third-order valence-electron chi connectivity index (χ3n) is 10.0. The van der Waals surface area contributed by atoms with Crippen LogP contribution in [0.25, 0.3) is 12.2 Å². The molecule has 5 heterocycles. The van der Waals surface area contributed by atoms with E-state index in [1.54, 1.807) is 42.5 Å². The van der Waals surface area contributed by atoms with Gasteiger partial charge >= 0.3 is 11.9 Å². The number of aliphatic hydroxyl groups is 2. The van der Waals surface area contributed by atoms with E-state index < -0.39 is 47.2 Å². The Kier molecular flexibility index (Phi) is 13.4. The Bertz CT molecular complexity index is 1710. The summed E-state index contributed by atoms with van der Waals surface area (Å²) in [6, 6.07) is 0.399. The van der Waals surface area contributed by atoms with Crippen molar-refractivity contribution < 1.29 is 33.7 Å². The number of carbonyl (C=O) groups is 2. The Balaban J connectivity index is 1.35. The maximum Gasteiger partial charge on any atom is 0.360 e. The number of carbonyl (C=O) groups excluding carboxylic acids is 2. The van der Waals surface area contributed by atoms with Gasteiger partial charge in [-0.3, -0.25) is 0 Å². The molecule has 0 saturated carbocycles. The standard InChI is InChI=1S/C42H53N5O7/c1-7-15-33(48)41(3,4)35-21-13-19-30-28(45-30)18-10-12-24-38-47-32(26-52-38)40(51)54-36(42(5,6)34(49)16-8-2)22-14-20-29-27(44-29)17-9-11-23-37-43-25-31(46-37)39(50)53-35/h7-20,23-30,33-36,44-45,48-49H,21-22H2,1-6H3,(H,43,46)/b15-7+,16-8+,17-9+,18-10+,19-13-,20-14-,23-11-,24-12-/t27-,28-,29+,30+,33-,34-,35-,36-/m0/s1. The number of oxazole rings is 1. The van der Waals surface area contributed by atoms with Crippen molar-refractivity contribution in [2.24, 2.45) is 10.8 Å². The Morgan fingerprint density at radius 3 is 1.76 bits per heavy atom. The number of H-pyrrole nitrogens is 1. The molecule has 5 N–H and O–H groups in total.